The molecule has 0 spiro atoms. The van der Waals surface area contributed by atoms with Gasteiger partial charge in [0, 0.05) is 24.3 Å². The number of nitrogens with zero attached hydrogens (tertiary/aromatic N) is 1. The monoisotopic (exact) mass is 531 g/mol. The number of hydrogen-bond acceptors (Lipinski definition) is 5. The highest BCUT2D eigenvalue weighted by Crippen LogP contribution is 2.38. The van der Waals surface area contributed by atoms with Crippen molar-refractivity contribution in [3.8, 4) is 0 Å². The van der Waals surface area contributed by atoms with Crippen LogP contribution >= 0.6 is 0 Å². The molecular formula is C34H33N3O3. The zero-order valence-electron chi connectivity index (χ0n) is 22.8. The van der Waals surface area contributed by atoms with Crippen LogP contribution in [0, 0.1) is 0 Å². The normalized spacial score (nSPS) is 13.5. The van der Waals surface area contributed by atoms with Crippen molar-refractivity contribution in [1.82, 2.24) is 4.90 Å². The lowest BCUT2D eigenvalue weighted by Gasteiger charge is -2.21. The summed E-state index contributed by atoms with van der Waals surface area (Å²) < 4.78 is 5.13. The SMILES string of the molecule is CCOC(=O)c1ccc2c(c1)NC(=O)/C2=C(\Nc1ccc(CN(CC)Cc2ccccc2)cc1)c1ccccc1. The van der Waals surface area contributed by atoms with Gasteiger partial charge in [0.05, 0.1) is 29.1 Å². The average molecular weight is 532 g/mol. The van der Waals surface area contributed by atoms with Crippen LogP contribution in [0.1, 0.15) is 46.5 Å². The Morgan fingerprint density at radius 3 is 2.10 bits per heavy atom. The number of esters is 1. The molecule has 4 aromatic carbocycles. The molecule has 0 aromatic heterocycles. The van der Waals surface area contributed by atoms with Gasteiger partial charge in [-0.25, -0.2) is 4.79 Å². The molecule has 0 fully saturated rings. The molecule has 4 aromatic rings. The van der Waals surface area contributed by atoms with Gasteiger partial charge in [-0.3, -0.25) is 9.69 Å². The van der Waals surface area contributed by atoms with Crippen molar-refractivity contribution >= 4 is 34.5 Å². The lowest BCUT2D eigenvalue weighted by atomic mass is 9.99. The van der Waals surface area contributed by atoms with Crippen LogP contribution in [0.3, 0.4) is 0 Å². The minimum Gasteiger partial charge on any atom is -0.462 e. The van der Waals surface area contributed by atoms with E-state index in [1.165, 1.54) is 11.1 Å². The molecule has 40 heavy (non-hydrogen) atoms. The maximum atomic E-state index is 13.3. The Kier molecular flexibility index (Phi) is 8.38. The third kappa shape index (κ3) is 6.14. The summed E-state index contributed by atoms with van der Waals surface area (Å²) in [6.07, 6.45) is 0. The van der Waals surface area contributed by atoms with Crippen LogP contribution < -0.4 is 10.6 Å². The van der Waals surface area contributed by atoms with Crippen molar-refractivity contribution in [2.45, 2.75) is 26.9 Å². The number of fused-ring (bicyclic) bond motifs is 1. The van der Waals surface area contributed by atoms with E-state index >= 15 is 0 Å². The molecule has 0 saturated heterocycles. The quantitative estimate of drug-likeness (QED) is 0.174. The van der Waals surface area contributed by atoms with Gasteiger partial charge in [-0.15, -0.1) is 0 Å². The number of rotatable bonds is 10. The van der Waals surface area contributed by atoms with E-state index in [1.807, 2.05) is 48.5 Å². The van der Waals surface area contributed by atoms with Gasteiger partial charge in [0.15, 0.2) is 0 Å². The van der Waals surface area contributed by atoms with Gasteiger partial charge in [-0.05, 0) is 54.4 Å². The fourth-order valence-electron chi connectivity index (χ4n) is 4.86. The van der Waals surface area contributed by atoms with Gasteiger partial charge in [-0.2, -0.15) is 0 Å². The van der Waals surface area contributed by atoms with Gasteiger partial charge in [0.1, 0.15) is 0 Å². The molecule has 6 heteroatoms. The van der Waals surface area contributed by atoms with Crippen molar-refractivity contribution in [2.24, 2.45) is 0 Å². The molecule has 0 saturated carbocycles. The summed E-state index contributed by atoms with van der Waals surface area (Å²) in [4.78, 5) is 27.9. The van der Waals surface area contributed by atoms with Crippen LogP contribution in [-0.4, -0.2) is 29.9 Å². The van der Waals surface area contributed by atoms with E-state index < -0.39 is 5.97 Å². The first-order valence-electron chi connectivity index (χ1n) is 13.6. The standard InChI is InChI=1S/C34H33N3O3/c1-3-37(22-24-11-7-5-8-12-24)23-25-15-18-28(19-16-25)35-32(26-13-9-6-10-14-26)31-29-20-17-27(34(39)40-4-2)21-30(29)36-33(31)38/h5-21,35H,3-4,22-23H2,1-2H3,(H,36,38)/b32-31-. The second-order valence-electron chi connectivity index (χ2n) is 9.66. The van der Waals surface area contributed by atoms with Crippen molar-refractivity contribution in [1.29, 1.82) is 0 Å². The fraction of sp³-hybridized carbons (Fsp3) is 0.176. The largest absolute Gasteiger partial charge is 0.462 e. The maximum absolute atomic E-state index is 13.3. The number of carbonyl (C=O) groups is 2. The molecule has 0 atom stereocenters. The molecule has 0 bridgehead atoms. The lowest BCUT2D eigenvalue weighted by molar-refractivity contribution is -0.110. The minimum absolute atomic E-state index is 0.224. The summed E-state index contributed by atoms with van der Waals surface area (Å²) in [5, 5.41) is 6.44. The van der Waals surface area contributed by atoms with E-state index in [-0.39, 0.29) is 12.5 Å². The Balaban J connectivity index is 1.42. The highest BCUT2D eigenvalue weighted by molar-refractivity contribution is 6.37. The molecule has 2 N–H and O–H groups in total. The molecule has 1 aliphatic rings. The predicted octanol–water partition coefficient (Wildman–Crippen LogP) is 6.82. The average Bonchev–Trinajstić information content (AvgIpc) is 3.32. The summed E-state index contributed by atoms with van der Waals surface area (Å²) >= 11 is 0. The lowest BCUT2D eigenvalue weighted by Crippen LogP contribution is -2.22. The van der Waals surface area contributed by atoms with E-state index in [2.05, 4.69) is 58.9 Å². The van der Waals surface area contributed by atoms with Crippen molar-refractivity contribution < 1.29 is 14.3 Å². The molecule has 6 nitrogen and oxygen atoms in total. The third-order valence-electron chi connectivity index (χ3n) is 6.91. The summed E-state index contributed by atoms with van der Waals surface area (Å²) in [6, 6.07) is 33.8. The molecule has 5 rings (SSSR count). The van der Waals surface area contributed by atoms with Crippen LogP contribution in [0.2, 0.25) is 0 Å². The molecule has 0 radical (unpaired) electrons. The molecule has 1 aliphatic heterocycles. The van der Waals surface area contributed by atoms with Crippen LogP contribution in [0.4, 0.5) is 11.4 Å². The number of ether oxygens (including phenoxy) is 1. The van der Waals surface area contributed by atoms with E-state index in [0.717, 1.165) is 36.4 Å². The van der Waals surface area contributed by atoms with Gasteiger partial charge in [0.25, 0.3) is 5.91 Å². The van der Waals surface area contributed by atoms with Gasteiger partial charge in [0.2, 0.25) is 0 Å². The number of nitrogens with one attached hydrogen (secondary N) is 2. The molecule has 1 heterocycles. The van der Waals surface area contributed by atoms with Crippen molar-refractivity contribution in [2.75, 3.05) is 23.8 Å². The van der Waals surface area contributed by atoms with E-state index in [4.69, 9.17) is 4.74 Å². The Hall–Kier alpha value is -4.68. The van der Waals surface area contributed by atoms with E-state index in [9.17, 15) is 9.59 Å². The predicted molar refractivity (Wildman–Crippen MR) is 161 cm³/mol. The number of benzene rings is 4. The number of anilines is 2. The Bertz CT molecular complexity index is 1510. The summed E-state index contributed by atoms with van der Waals surface area (Å²) in [5.41, 5.74) is 7.24. The third-order valence-corrected chi connectivity index (χ3v) is 6.91. The van der Waals surface area contributed by atoms with Gasteiger partial charge in [-0.1, -0.05) is 85.8 Å². The first-order valence-corrected chi connectivity index (χ1v) is 13.6. The molecule has 0 aliphatic carbocycles. The van der Waals surface area contributed by atoms with Gasteiger partial charge >= 0.3 is 5.97 Å². The van der Waals surface area contributed by atoms with Crippen molar-refractivity contribution in [3.63, 3.8) is 0 Å². The smallest absolute Gasteiger partial charge is 0.338 e. The second kappa shape index (κ2) is 12.5. The Labute approximate surface area is 235 Å². The number of carbonyl (C=O) groups excluding carboxylic acids is 2. The van der Waals surface area contributed by atoms with Crippen LogP contribution in [0.5, 0.6) is 0 Å². The van der Waals surface area contributed by atoms with Crippen LogP contribution in [0.25, 0.3) is 11.3 Å². The Morgan fingerprint density at radius 2 is 1.45 bits per heavy atom. The van der Waals surface area contributed by atoms with E-state index in [0.29, 0.717) is 22.5 Å². The zero-order valence-corrected chi connectivity index (χ0v) is 22.8. The maximum Gasteiger partial charge on any atom is 0.338 e. The first-order chi connectivity index (χ1) is 19.6. The number of amides is 1. The highest BCUT2D eigenvalue weighted by Gasteiger charge is 2.29. The minimum atomic E-state index is -0.413. The molecular weight excluding hydrogens is 498 g/mol. The molecule has 0 unspecified atom stereocenters. The molecule has 202 valence electrons. The van der Waals surface area contributed by atoms with Crippen LogP contribution in [0.15, 0.2) is 103 Å². The topological polar surface area (TPSA) is 70.7 Å². The van der Waals surface area contributed by atoms with Gasteiger partial charge < -0.3 is 15.4 Å². The summed E-state index contributed by atoms with van der Waals surface area (Å²) in [7, 11) is 0. The highest BCUT2D eigenvalue weighted by atomic mass is 16.5. The summed E-state index contributed by atoms with van der Waals surface area (Å²) in [5.74, 6) is -0.637. The fourth-order valence-corrected chi connectivity index (χ4v) is 4.86. The van der Waals surface area contributed by atoms with E-state index in [1.54, 1.807) is 25.1 Å². The Morgan fingerprint density at radius 1 is 0.800 bits per heavy atom. The summed E-state index contributed by atoms with van der Waals surface area (Å²) in [6.45, 7) is 6.92. The van der Waals surface area contributed by atoms with Crippen LogP contribution in [-0.2, 0) is 22.6 Å². The second-order valence-corrected chi connectivity index (χ2v) is 9.66. The molecule has 1 amide bonds. The first kappa shape index (κ1) is 26.9. The zero-order chi connectivity index (χ0) is 27.9. The van der Waals surface area contributed by atoms with Crippen molar-refractivity contribution in [3.05, 3.63) is 131 Å². The number of hydrogen-bond donors (Lipinski definition) is 2.